The first-order valence-electron chi connectivity index (χ1n) is 7.74. The van der Waals surface area contributed by atoms with Gasteiger partial charge in [-0.05, 0) is 36.4 Å². The van der Waals surface area contributed by atoms with Gasteiger partial charge in [-0.3, -0.25) is 9.98 Å². The smallest absolute Gasteiger partial charge is 2.00 e. The Labute approximate surface area is 173 Å². The fourth-order valence-corrected chi connectivity index (χ4v) is 2.24. The molecule has 0 aromatic heterocycles. The van der Waals surface area contributed by atoms with Gasteiger partial charge in [0.25, 0.3) is 0 Å². The largest absolute Gasteiger partial charge is 4.00 e. The Morgan fingerprint density at radius 1 is 0.607 bits per heavy atom. The molecule has 3 rings (SSSR count). The van der Waals surface area contributed by atoms with Crippen molar-refractivity contribution in [1.82, 2.24) is 0 Å². The average Bonchev–Trinajstić information content (AvgIpc) is 2.61. The predicted molar refractivity (Wildman–Crippen MR) is 101 cm³/mol. The van der Waals surface area contributed by atoms with Gasteiger partial charge in [0, 0.05) is 35.7 Å². The third-order valence-electron chi connectivity index (χ3n) is 3.60. The van der Waals surface area contributed by atoms with E-state index in [4.69, 9.17) is 0 Å². The summed E-state index contributed by atoms with van der Waals surface area (Å²) in [6, 6.07) is 15.6. The van der Waals surface area contributed by atoms with Gasteiger partial charge in [0.2, 0.25) is 0 Å². The van der Waals surface area contributed by atoms with E-state index < -0.39 is 0 Å². The Morgan fingerprint density at radius 3 is 1.36 bits per heavy atom. The van der Waals surface area contributed by atoms with Crippen molar-refractivity contribution in [2.24, 2.45) is 9.98 Å². The van der Waals surface area contributed by atoms with Gasteiger partial charge in [0.05, 0.1) is 11.4 Å². The molecular formula is C20H16N2O5V+2. The fourth-order valence-electron chi connectivity index (χ4n) is 2.24. The van der Waals surface area contributed by atoms with Crippen LogP contribution < -0.4 is 0 Å². The molecule has 3 aromatic rings. The monoisotopic (exact) mass is 415 g/mol. The van der Waals surface area contributed by atoms with Crippen LogP contribution in [0.25, 0.3) is 0 Å². The molecule has 3 aromatic carbocycles. The van der Waals surface area contributed by atoms with Crippen molar-refractivity contribution in [2.45, 2.75) is 0 Å². The van der Waals surface area contributed by atoms with Crippen LogP contribution in [0.2, 0.25) is 0 Å². The Balaban J connectivity index is 0.00000196. The summed E-state index contributed by atoms with van der Waals surface area (Å²) in [4.78, 5) is 8.67. The summed E-state index contributed by atoms with van der Waals surface area (Å²) in [6.45, 7) is 0. The molecule has 0 aliphatic heterocycles. The molecule has 0 spiro atoms. The number of aromatic hydroxyl groups is 4. The Bertz CT molecular complexity index is 925. The van der Waals surface area contributed by atoms with Crippen LogP contribution >= 0.6 is 0 Å². The van der Waals surface area contributed by atoms with Crippen molar-refractivity contribution in [3.05, 3.63) is 71.8 Å². The molecule has 0 aliphatic rings. The second kappa shape index (κ2) is 10.2. The van der Waals surface area contributed by atoms with E-state index in [0.29, 0.717) is 22.5 Å². The van der Waals surface area contributed by atoms with E-state index in [2.05, 4.69) is 9.98 Å². The van der Waals surface area contributed by atoms with E-state index in [1.54, 1.807) is 36.4 Å². The van der Waals surface area contributed by atoms with E-state index in [1.165, 1.54) is 36.7 Å². The first-order valence-corrected chi connectivity index (χ1v) is 7.74. The average molecular weight is 415 g/mol. The minimum absolute atomic E-state index is 0. The van der Waals surface area contributed by atoms with Crippen LogP contribution in [0.4, 0.5) is 11.4 Å². The summed E-state index contributed by atoms with van der Waals surface area (Å²) in [6.07, 6.45) is 2.95. The molecule has 4 N–H and O–H groups in total. The number of para-hydroxylation sites is 2. The third-order valence-corrected chi connectivity index (χ3v) is 3.60. The second-order valence-electron chi connectivity index (χ2n) is 5.49. The van der Waals surface area contributed by atoms with Crippen LogP contribution in [0.5, 0.6) is 23.0 Å². The molecule has 0 bridgehead atoms. The first-order chi connectivity index (χ1) is 12.5. The van der Waals surface area contributed by atoms with Crippen molar-refractivity contribution in [2.75, 3.05) is 0 Å². The summed E-state index contributed by atoms with van der Waals surface area (Å²) in [5.74, 6) is -0.218. The van der Waals surface area contributed by atoms with Gasteiger partial charge in [0.1, 0.15) is 23.0 Å². The maximum atomic E-state index is 9.81. The van der Waals surface area contributed by atoms with Crippen molar-refractivity contribution in [3.8, 4) is 23.0 Å². The molecule has 0 unspecified atom stereocenters. The van der Waals surface area contributed by atoms with Crippen molar-refractivity contribution in [3.63, 3.8) is 0 Å². The van der Waals surface area contributed by atoms with Crippen molar-refractivity contribution in [1.29, 1.82) is 0 Å². The number of phenolic OH excluding ortho intramolecular Hbond substituents is 4. The molecule has 7 nitrogen and oxygen atoms in total. The topological polar surface area (TPSA) is 134 Å². The Hall–Kier alpha value is -3.26. The van der Waals surface area contributed by atoms with Gasteiger partial charge < -0.3 is 25.9 Å². The van der Waals surface area contributed by atoms with Gasteiger partial charge in [-0.25, -0.2) is 0 Å². The molecule has 0 atom stereocenters. The van der Waals surface area contributed by atoms with E-state index in [1.807, 2.05) is 0 Å². The van der Waals surface area contributed by atoms with Crippen LogP contribution in [0.3, 0.4) is 0 Å². The quantitative estimate of drug-likeness (QED) is 0.481. The second-order valence-corrected chi connectivity index (χ2v) is 5.49. The van der Waals surface area contributed by atoms with Crippen LogP contribution in [0.1, 0.15) is 11.1 Å². The standard InChI is InChI=1S/C20H16N2O4.O.V/c23-15-7-5-13(19(25)9-15)11-21-17-3-1-2-4-18(17)22-12-14-6-8-16(24)10-20(14)26;;/h1-12,23-26H;;/q;-2;+4. The maximum Gasteiger partial charge on any atom is 4.00 e. The summed E-state index contributed by atoms with van der Waals surface area (Å²) in [5, 5.41) is 38.3. The number of benzene rings is 3. The summed E-state index contributed by atoms with van der Waals surface area (Å²) in [7, 11) is 0. The summed E-state index contributed by atoms with van der Waals surface area (Å²) >= 11 is 0. The Kier molecular flexibility index (Phi) is 8.28. The molecule has 0 fully saturated rings. The predicted octanol–water partition coefficient (Wildman–Crippen LogP) is 3.89. The molecule has 0 saturated carbocycles. The maximum absolute atomic E-state index is 9.81. The molecular weight excluding hydrogens is 399 g/mol. The zero-order valence-corrected chi connectivity index (χ0v) is 15.9. The van der Waals surface area contributed by atoms with Crippen molar-refractivity contribution < 1.29 is 44.5 Å². The number of phenols is 4. The zero-order chi connectivity index (χ0) is 18.5. The molecule has 28 heavy (non-hydrogen) atoms. The molecule has 8 heteroatoms. The number of hydrogen-bond acceptors (Lipinski definition) is 6. The fraction of sp³-hybridized carbons (Fsp3) is 0. The van der Waals surface area contributed by atoms with E-state index >= 15 is 0 Å². The molecule has 1 radical (unpaired) electrons. The van der Waals surface area contributed by atoms with E-state index in [0.717, 1.165) is 0 Å². The first kappa shape index (κ1) is 22.8. The van der Waals surface area contributed by atoms with E-state index in [9.17, 15) is 20.4 Å². The van der Waals surface area contributed by atoms with Gasteiger partial charge >= 0.3 is 18.6 Å². The van der Waals surface area contributed by atoms with Crippen molar-refractivity contribution >= 4 is 23.8 Å². The van der Waals surface area contributed by atoms with Crippen LogP contribution in [0, 0.1) is 0 Å². The minimum atomic E-state index is -0.0799. The van der Waals surface area contributed by atoms with Gasteiger partial charge in [-0.15, -0.1) is 0 Å². The normalized spacial score (nSPS) is 10.6. The van der Waals surface area contributed by atoms with Gasteiger partial charge in [0.15, 0.2) is 0 Å². The van der Waals surface area contributed by atoms with Gasteiger partial charge in [-0.2, -0.15) is 0 Å². The molecule has 0 saturated heterocycles. The molecule has 0 aliphatic carbocycles. The Morgan fingerprint density at radius 2 is 1.00 bits per heavy atom. The summed E-state index contributed by atoms with van der Waals surface area (Å²) < 4.78 is 0. The molecule has 0 amide bonds. The van der Waals surface area contributed by atoms with E-state index in [-0.39, 0.29) is 47.0 Å². The molecule has 139 valence electrons. The number of aliphatic imine (C=N–C) groups is 2. The van der Waals surface area contributed by atoms with Crippen LogP contribution in [-0.4, -0.2) is 32.9 Å². The van der Waals surface area contributed by atoms with Crippen LogP contribution in [-0.2, 0) is 24.0 Å². The molecule has 0 heterocycles. The van der Waals surface area contributed by atoms with Crippen LogP contribution in [0.15, 0.2) is 70.6 Å². The number of hydrogen-bond donors (Lipinski definition) is 4. The number of rotatable bonds is 4. The SMILES string of the molecule is Oc1ccc(C=Nc2ccccc2N=Cc2ccc(O)cc2O)c(O)c1.[O-2].[V+4]. The minimum Gasteiger partial charge on any atom is -2.00 e. The third kappa shape index (κ3) is 5.62. The zero-order valence-electron chi connectivity index (χ0n) is 14.5. The number of nitrogens with zero attached hydrogens (tertiary/aromatic N) is 2. The summed E-state index contributed by atoms with van der Waals surface area (Å²) in [5.41, 5.74) is 2.04. The van der Waals surface area contributed by atoms with Gasteiger partial charge in [-0.1, -0.05) is 12.1 Å².